The van der Waals surface area contributed by atoms with Gasteiger partial charge in [0.15, 0.2) is 0 Å². The number of carbonyl (C=O) groups excluding carboxylic acids is 1. The van der Waals surface area contributed by atoms with Crippen LogP contribution in [0.1, 0.15) is 15.9 Å². The summed E-state index contributed by atoms with van der Waals surface area (Å²) in [7, 11) is 0. The van der Waals surface area contributed by atoms with Crippen LogP contribution in [0.5, 0.6) is 0 Å². The lowest BCUT2D eigenvalue weighted by Gasteiger charge is -2.05. The first kappa shape index (κ1) is 11.7. The second-order valence-electron chi connectivity index (χ2n) is 3.48. The van der Waals surface area contributed by atoms with E-state index >= 15 is 0 Å². The van der Waals surface area contributed by atoms with E-state index in [9.17, 15) is 9.18 Å². The molecule has 4 nitrogen and oxygen atoms in total. The van der Waals surface area contributed by atoms with Gasteiger partial charge in [-0.15, -0.1) is 0 Å². The molecule has 5 heteroatoms. The van der Waals surface area contributed by atoms with Crippen molar-refractivity contribution in [2.75, 3.05) is 5.32 Å². The second kappa shape index (κ2) is 5.06. The lowest BCUT2D eigenvalue weighted by Crippen LogP contribution is -2.14. The molecule has 1 aromatic heterocycles. The van der Waals surface area contributed by atoms with Crippen LogP contribution in [-0.2, 0) is 0 Å². The molecule has 0 aliphatic rings. The van der Waals surface area contributed by atoms with Crippen molar-refractivity contribution in [3.8, 4) is 6.07 Å². The Morgan fingerprint density at radius 2 is 2.11 bits per heavy atom. The van der Waals surface area contributed by atoms with Crippen molar-refractivity contribution in [2.45, 2.75) is 0 Å². The summed E-state index contributed by atoms with van der Waals surface area (Å²) in [6.07, 6.45) is 1.40. The third-order valence-electron chi connectivity index (χ3n) is 2.25. The van der Waals surface area contributed by atoms with E-state index in [4.69, 9.17) is 5.26 Å². The molecule has 0 bridgehead atoms. The van der Waals surface area contributed by atoms with Gasteiger partial charge in [-0.25, -0.2) is 9.37 Å². The molecule has 88 valence electrons. The van der Waals surface area contributed by atoms with E-state index in [-0.39, 0.29) is 11.4 Å². The standard InChI is InChI=1S/C13H8FN3O/c14-11-4-2-1-3-10(11)13(18)17-12-7-9(8-15)5-6-16-12/h1-7H,(H,16,17,18). The zero-order valence-electron chi connectivity index (χ0n) is 9.22. The highest BCUT2D eigenvalue weighted by Crippen LogP contribution is 2.11. The maximum absolute atomic E-state index is 13.4. The van der Waals surface area contributed by atoms with Gasteiger partial charge in [-0.2, -0.15) is 5.26 Å². The van der Waals surface area contributed by atoms with Gasteiger partial charge in [0.1, 0.15) is 11.6 Å². The van der Waals surface area contributed by atoms with E-state index in [0.717, 1.165) is 0 Å². The fourth-order valence-corrected chi connectivity index (χ4v) is 1.40. The van der Waals surface area contributed by atoms with Crippen molar-refractivity contribution in [3.63, 3.8) is 0 Å². The second-order valence-corrected chi connectivity index (χ2v) is 3.48. The zero-order chi connectivity index (χ0) is 13.0. The Kier molecular flexibility index (Phi) is 3.30. The number of amides is 1. The van der Waals surface area contributed by atoms with E-state index in [0.29, 0.717) is 5.56 Å². The third kappa shape index (κ3) is 2.50. The van der Waals surface area contributed by atoms with Gasteiger partial charge >= 0.3 is 0 Å². The number of nitrogens with one attached hydrogen (secondary N) is 1. The Labute approximate surface area is 103 Å². The number of hydrogen-bond acceptors (Lipinski definition) is 3. The van der Waals surface area contributed by atoms with E-state index < -0.39 is 11.7 Å². The highest BCUT2D eigenvalue weighted by atomic mass is 19.1. The maximum atomic E-state index is 13.4. The van der Waals surface area contributed by atoms with Crippen LogP contribution < -0.4 is 5.32 Å². The minimum atomic E-state index is -0.605. The number of pyridine rings is 1. The number of rotatable bonds is 2. The monoisotopic (exact) mass is 241 g/mol. The molecule has 0 saturated heterocycles. The largest absolute Gasteiger partial charge is 0.306 e. The predicted molar refractivity (Wildman–Crippen MR) is 63.3 cm³/mol. The number of carbonyl (C=O) groups is 1. The van der Waals surface area contributed by atoms with Crippen LogP contribution >= 0.6 is 0 Å². The lowest BCUT2D eigenvalue weighted by atomic mass is 10.2. The SMILES string of the molecule is N#Cc1ccnc(NC(=O)c2ccccc2F)c1. The van der Waals surface area contributed by atoms with Crippen LogP contribution in [0, 0.1) is 17.1 Å². The Bertz CT molecular complexity index is 634. The number of aromatic nitrogens is 1. The molecule has 0 atom stereocenters. The number of nitriles is 1. The Morgan fingerprint density at radius 1 is 1.33 bits per heavy atom. The summed E-state index contributed by atoms with van der Waals surface area (Å²) in [6, 6.07) is 10.5. The smallest absolute Gasteiger partial charge is 0.259 e. The summed E-state index contributed by atoms with van der Waals surface area (Å²) >= 11 is 0. The Hall–Kier alpha value is -2.74. The maximum Gasteiger partial charge on any atom is 0.259 e. The minimum absolute atomic E-state index is 0.0679. The van der Waals surface area contributed by atoms with Crippen LogP contribution in [-0.4, -0.2) is 10.9 Å². The van der Waals surface area contributed by atoms with Gasteiger partial charge in [-0.3, -0.25) is 4.79 Å². The molecule has 0 aliphatic heterocycles. The molecule has 1 amide bonds. The van der Waals surface area contributed by atoms with Crippen molar-refractivity contribution < 1.29 is 9.18 Å². The van der Waals surface area contributed by atoms with Gasteiger partial charge in [0.25, 0.3) is 5.91 Å². The van der Waals surface area contributed by atoms with Gasteiger partial charge in [-0.1, -0.05) is 12.1 Å². The van der Waals surface area contributed by atoms with Crippen LogP contribution in [0.25, 0.3) is 0 Å². The van der Waals surface area contributed by atoms with Crippen LogP contribution in [0.15, 0.2) is 42.6 Å². The van der Waals surface area contributed by atoms with Crippen molar-refractivity contribution in [2.24, 2.45) is 0 Å². The summed E-state index contributed by atoms with van der Waals surface area (Å²) in [6.45, 7) is 0. The molecule has 2 rings (SSSR count). The molecule has 0 radical (unpaired) electrons. The fraction of sp³-hybridized carbons (Fsp3) is 0. The minimum Gasteiger partial charge on any atom is -0.306 e. The summed E-state index contributed by atoms with van der Waals surface area (Å²) in [5.41, 5.74) is 0.301. The molecular weight excluding hydrogens is 233 g/mol. The van der Waals surface area contributed by atoms with E-state index in [1.807, 2.05) is 6.07 Å². The van der Waals surface area contributed by atoms with E-state index in [2.05, 4.69) is 10.3 Å². The van der Waals surface area contributed by atoms with Gasteiger partial charge in [0.2, 0.25) is 0 Å². The molecule has 1 N–H and O–H groups in total. The van der Waals surface area contributed by atoms with Crippen LogP contribution in [0.2, 0.25) is 0 Å². The average Bonchev–Trinajstić information content (AvgIpc) is 2.39. The number of anilines is 1. The first-order valence-electron chi connectivity index (χ1n) is 5.13. The molecule has 0 unspecified atom stereocenters. The molecule has 18 heavy (non-hydrogen) atoms. The molecule has 0 aliphatic carbocycles. The van der Waals surface area contributed by atoms with E-state index in [1.54, 1.807) is 6.07 Å². The predicted octanol–water partition coefficient (Wildman–Crippen LogP) is 2.34. The Balaban J connectivity index is 2.22. The number of nitrogens with zero attached hydrogens (tertiary/aromatic N) is 2. The number of hydrogen-bond donors (Lipinski definition) is 1. The molecule has 1 heterocycles. The zero-order valence-corrected chi connectivity index (χ0v) is 9.22. The summed E-state index contributed by atoms with van der Waals surface area (Å²) in [5.74, 6) is -0.996. The normalized spacial score (nSPS) is 9.56. The van der Waals surface area contributed by atoms with Crippen molar-refractivity contribution >= 4 is 11.7 Å². The molecule has 0 saturated carbocycles. The number of halogens is 1. The van der Waals surface area contributed by atoms with Crippen molar-refractivity contribution in [1.29, 1.82) is 5.26 Å². The first-order chi connectivity index (χ1) is 8.70. The lowest BCUT2D eigenvalue weighted by molar-refractivity contribution is 0.102. The van der Waals surface area contributed by atoms with Crippen LogP contribution in [0.4, 0.5) is 10.2 Å². The number of benzene rings is 1. The Morgan fingerprint density at radius 3 is 2.83 bits per heavy atom. The van der Waals surface area contributed by atoms with Gasteiger partial charge in [-0.05, 0) is 24.3 Å². The quantitative estimate of drug-likeness (QED) is 0.877. The van der Waals surface area contributed by atoms with Gasteiger partial charge < -0.3 is 5.32 Å². The average molecular weight is 241 g/mol. The molecule has 0 fully saturated rings. The van der Waals surface area contributed by atoms with Gasteiger partial charge in [0.05, 0.1) is 17.2 Å². The first-order valence-corrected chi connectivity index (χ1v) is 5.13. The third-order valence-corrected chi connectivity index (χ3v) is 2.25. The van der Waals surface area contributed by atoms with Crippen LogP contribution in [0.3, 0.4) is 0 Å². The van der Waals surface area contributed by atoms with E-state index in [1.165, 1.54) is 36.5 Å². The molecule has 2 aromatic rings. The summed E-state index contributed by atoms with van der Waals surface area (Å²) < 4.78 is 13.4. The van der Waals surface area contributed by atoms with Gasteiger partial charge in [0, 0.05) is 6.20 Å². The van der Waals surface area contributed by atoms with Crippen molar-refractivity contribution in [3.05, 3.63) is 59.5 Å². The fourth-order valence-electron chi connectivity index (χ4n) is 1.40. The summed E-state index contributed by atoms with van der Waals surface area (Å²) in [4.78, 5) is 15.6. The highest BCUT2D eigenvalue weighted by Gasteiger charge is 2.11. The topological polar surface area (TPSA) is 65.8 Å². The van der Waals surface area contributed by atoms with Crippen molar-refractivity contribution in [1.82, 2.24) is 4.98 Å². The molecular formula is C13H8FN3O. The molecule has 0 spiro atoms. The highest BCUT2D eigenvalue weighted by molar-refractivity contribution is 6.03. The molecule has 1 aromatic carbocycles. The summed E-state index contributed by atoms with van der Waals surface area (Å²) in [5, 5.41) is 11.1.